The summed E-state index contributed by atoms with van der Waals surface area (Å²) in [4.78, 5) is 4.66. The van der Waals surface area contributed by atoms with Gasteiger partial charge in [-0.2, -0.15) is 0 Å². The van der Waals surface area contributed by atoms with E-state index in [0.29, 0.717) is 19.5 Å². The zero-order chi connectivity index (χ0) is 20.7. The van der Waals surface area contributed by atoms with Crippen molar-refractivity contribution in [2.75, 3.05) is 45.7 Å². The van der Waals surface area contributed by atoms with Crippen LogP contribution in [0.15, 0.2) is 54.6 Å². The van der Waals surface area contributed by atoms with E-state index >= 15 is 0 Å². The molecule has 0 aromatic heterocycles. The molecule has 1 atom stereocenters. The largest absolute Gasteiger partial charge is 0.344 e. The summed E-state index contributed by atoms with van der Waals surface area (Å²) in [5.74, 6) is 0. The first kappa shape index (κ1) is 22.5. The molecular formula is C22H30ClN2O3P. The monoisotopic (exact) mass is 436 g/mol. The zero-order valence-corrected chi connectivity index (χ0v) is 18.8. The molecule has 0 bridgehead atoms. The molecule has 0 radical (unpaired) electrons. The van der Waals surface area contributed by atoms with Crippen molar-refractivity contribution in [3.63, 3.8) is 0 Å². The van der Waals surface area contributed by atoms with Crippen LogP contribution in [0.1, 0.15) is 31.0 Å². The van der Waals surface area contributed by atoms with Crippen molar-refractivity contribution in [3.8, 4) is 0 Å². The van der Waals surface area contributed by atoms with E-state index < -0.39 is 7.60 Å². The van der Waals surface area contributed by atoms with Gasteiger partial charge in [-0.1, -0.05) is 54.1 Å². The summed E-state index contributed by atoms with van der Waals surface area (Å²) < 4.78 is 23.8. The average Bonchev–Trinajstić information content (AvgIpc) is 2.72. The SMILES string of the molecule is CCOP(=O)(CN1CCN(C(c2ccccc2)c2ccc(Cl)cc2)CC1)OCC. The summed E-state index contributed by atoms with van der Waals surface area (Å²) in [6.07, 6.45) is 0.347. The van der Waals surface area contributed by atoms with Crippen LogP contribution in [0.25, 0.3) is 0 Å². The van der Waals surface area contributed by atoms with Gasteiger partial charge in [0.05, 0.1) is 19.3 Å². The summed E-state index contributed by atoms with van der Waals surface area (Å²) >= 11 is 6.11. The molecule has 2 aromatic rings. The molecule has 1 aliphatic heterocycles. The van der Waals surface area contributed by atoms with E-state index in [0.717, 1.165) is 31.2 Å². The summed E-state index contributed by atoms with van der Waals surface area (Å²) in [5, 5.41) is 0.744. The lowest BCUT2D eigenvalue weighted by atomic mass is 9.96. The van der Waals surface area contributed by atoms with Gasteiger partial charge in [-0.3, -0.25) is 14.4 Å². The fraction of sp³-hybridized carbons (Fsp3) is 0.455. The normalized spacial score (nSPS) is 17.3. The quantitative estimate of drug-likeness (QED) is 0.501. The summed E-state index contributed by atoms with van der Waals surface area (Å²) in [6.45, 7) is 7.87. The van der Waals surface area contributed by atoms with Crippen molar-refractivity contribution in [2.45, 2.75) is 19.9 Å². The first-order valence-electron chi connectivity index (χ1n) is 10.2. The highest BCUT2D eigenvalue weighted by molar-refractivity contribution is 7.53. The van der Waals surface area contributed by atoms with Gasteiger partial charge < -0.3 is 9.05 Å². The van der Waals surface area contributed by atoms with Crippen molar-refractivity contribution in [3.05, 3.63) is 70.7 Å². The summed E-state index contributed by atoms with van der Waals surface area (Å²) in [7, 11) is -3.06. The van der Waals surface area contributed by atoms with Crippen LogP contribution in [0.2, 0.25) is 5.02 Å². The Morgan fingerprint density at radius 3 is 2.00 bits per heavy atom. The van der Waals surface area contributed by atoms with Gasteiger partial charge in [-0.15, -0.1) is 0 Å². The zero-order valence-electron chi connectivity index (χ0n) is 17.2. The topological polar surface area (TPSA) is 42.0 Å². The molecule has 158 valence electrons. The summed E-state index contributed by atoms with van der Waals surface area (Å²) in [6, 6.07) is 18.8. The molecule has 1 saturated heterocycles. The minimum atomic E-state index is -3.06. The van der Waals surface area contributed by atoms with Crippen molar-refractivity contribution >= 4 is 19.2 Å². The molecule has 3 rings (SSSR count). The fourth-order valence-corrected chi connectivity index (χ4v) is 5.74. The first-order valence-corrected chi connectivity index (χ1v) is 12.3. The highest BCUT2D eigenvalue weighted by Gasteiger charge is 2.31. The highest BCUT2D eigenvalue weighted by atomic mass is 35.5. The average molecular weight is 437 g/mol. The predicted octanol–water partition coefficient (Wildman–Crippen LogP) is 5.27. The van der Waals surface area contributed by atoms with Crippen molar-refractivity contribution in [1.29, 1.82) is 0 Å². The van der Waals surface area contributed by atoms with Crippen molar-refractivity contribution in [1.82, 2.24) is 9.80 Å². The van der Waals surface area contributed by atoms with Crippen LogP contribution in [0.5, 0.6) is 0 Å². The molecule has 1 heterocycles. The van der Waals surface area contributed by atoms with Gasteiger partial charge in [0, 0.05) is 31.2 Å². The Balaban J connectivity index is 1.72. The molecule has 1 unspecified atom stereocenters. The van der Waals surface area contributed by atoms with E-state index in [1.807, 2.05) is 32.0 Å². The Labute approximate surface area is 179 Å². The minimum Gasteiger partial charge on any atom is -0.308 e. The minimum absolute atomic E-state index is 0.168. The second-order valence-corrected chi connectivity index (χ2v) is 9.56. The van der Waals surface area contributed by atoms with Crippen LogP contribution < -0.4 is 0 Å². The van der Waals surface area contributed by atoms with Crippen LogP contribution in [0.4, 0.5) is 0 Å². The van der Waals surface area contributed by atoms with Crippen molar-refractivity contribution in [2.24, 2.45) is 0 Å². The molecule has 29 heavy (non-hydrogen) atoms. The van der Waals surface area contributed by atoms with E-state index in [1.165, 1.54) is 11.1 Å². The molecule has 0 aliphatic carbocycles. The number of rotatable bonds is 9. The van der Waals surface area contributed by atoms with Crippen LogP contribution in [0.3, 0.4) is 0 Å². The lowest BCUT2D eigenvalue weighted by Gasteiger charge is -2.40. The van der Waals surface area contributed by atoms with Gasteiger partial charge in [-0.05, 0) is 37.1 Å². The second-order valence-electron chi connectivity index (χ2n) is 7.11. The van der Waals surface area contributed by atoms with Gasteiger partial charge in [0.15, 0.2) is 0 Å². The molecule has 0 saturated carbocycles. The maximum atomic E-state index is 12.9. The number of halogens is 1. The molecule has 0 amide bonds. The molecule has 2 aromatic carbocycles. The smallest absolute Gasteiger partial charge is 0.308 e. The van der Waals surface area contributed by atoms with E-state index in [2.05, 4.69) is 46.2 Å². The van der Waals surface area contributed by atoms with Gasteiger partial charge in [0.2, 0.25) is 0 Å². The number of hydrogen-bond acceptors (Lipinski definition) is 5. The summed E-state index contributed by atoms with van der Waals surface area (Å²) in [5.41, 5.74) is 2.49. The first-order chi connectivity index (χ1) is 14.0. The number of piperazine rings is 1. The van der Waals surface area contributed by atoms with Gasteiger partial charge in [0.1, 0.15) is 6.29 Å². The Hall–Kier alpha value is -1.20. The number of hydrogen-bond donors (Lipinski definition) is 0. The van der Waals surface area contributed by atoms with Gasteiger partial charge >= 0.3 is 7.60 Å². The lowest BCUT2D eigenvalue weighted by Crippen LogP contribution is -2.48. The maximum absolute atomic E-state index is 12.9. The van der Waals surface area contributed by atoms with Gasteiger partial charge in [0.25, 0.3) is 0 Å². The maximum Gasteiger partial charge on any atom is 0.344 e. The molecule has 7 heteroatoms. The molecular weight excluding hydrogens is 407 g/mol. The number of benzene rings is 2. The van der Waals surface area contributed by atoms with Crippen molar-refractivity contribution < 1.29 is 13.6 Å². The molecule has 1 fully saturated rings. The van der Waals surface area contributed by atoms with E-state index in [1.54, 1.807) is 0 Å². The Kier molecular flexibility index (Phi) is 8.31. The highest BCUT2D eigenvalue weighted by Crippen LogP contribution is 2.48. The Morgan fingerprint density at radius 1 is 0.897 bits per heavy atom. The third-order valence-electron chi connectivity index (χ3n) is 5.10. The third kappa shape index (κ3) is 6.14. The van der Waals surface area contributed by atoms with E-state index in [9.17, 15) is 4.57 Å². The molecule has 0 N–H and O–H groups in total. The van der Waals surface area contributed by atoms with Crippen LogP contribution in [-0.4, -0.2) is 55.5 Å². The van der Waals surface area contributed by atoms with E-state index in [4.69, 9.17) is 20.6 Å². The molecule has 5 nitrogen and oxygen atoms in total. The van der Waals surface area contributed by atoms with Crippen LogP contribution in [0, 0.1) is 0 Å². The lowest BCUT2D eigenvalue weighted by molar-refractivity contribution is 0.111. The fourth-order valence-electron chi connectivity index (χ4n) is 3.81. The number of nitrogens with zero attached hydrogens (tertiary/aromatic N) is 2. The molecule has 1 aliphatic rings. The molecule has 0 spiro atoms. The van der Waals surface area contributed by atoms with Crippen LogP contribution in [-0.2, 0) is 13.6 Å². The van der Waals surface area contributed by atoms with Gasteiger partial charge in [-0.25, -0.2) is 0 Å². The van der Waals surface area contributed by atoms with Crippen LogP contribution >= 0.6 is 19.2 Å². The second kappa shape index (κ2) is 10.7. The van der Waals surface area contributed by atoms with E-state index in [-0.39, 0.29) is 6.04 Å². The standard InChI is InChI=1S/C22H30ClN2O3P/c1-3-27-29(26,28-4-2)18-24-14-16-25(17-15-24)22(19-8-6-5-7-9-19)20-10-12-21(23)13-11-20/h5-13,22H,3-4,14-18H2,1-2H3. The Bertz CT molecular complexity index is 785. The third-order valence-corrected chi connectivity index (χ3v) is 7.40. The Morgan fingerprint density at radius 2 is 1.45 bits per heavy atom. The predicted molar refractivity (Wildman–Crippen MR) is 119 cm³/mol.